The SMILES string of the molecule is NCC(Nc1cccc(Cl)c1)c1ccc(Cl)cc1Cl. The monoisotopic (exact) mass is 314 g/mol. The van der Waals surface area contributed by atoms with Crippen LogP contribution < -0.4 is 11.1 Å². The van der Waals surface area contributed by atoms with Gasteiger partial charge in [0, 0.05) is 27.3 Å². The van der Waals surface area contributed by atoms with Crippen LogP contribution in [-0.2, 0) is 0 Å². The Bertz CT molecular complexity index is 572. The average Bonchev–Trinajstić information content (AvgIpc) is 2.37. The molecule has 5 heteroatoms. The maximum Gasteiger partial charge on any atom is 0.0650 e. The van der Waals surface area contributed by atoms with Crippen molar-refractivity contribution in [2.24, 2.45) is 5.73 Å². The van der Waals surface area contributed by atoms with E-state index in [1.165, 1.54) is 0 Å². The fraction of sp³-hybridized carbons (Fsp3) is 0.143. The first-order chi connectivity index (χ1) is 9.10. The minimum Gasteiger partial charge on any atom is -0.377 e. The number of halogens is 3. The van der Waals surface area contributed by atoms with Gasteiger partial charge < -0.3 is 11.1 Å². The van der Waals surface area contributed by atoms with Gasteiger partial charge in [0.1, 0.15) is 0 Å². The van der Waals surface area contributed by atoms with Gasteiger partial charge in [-0.25, -0.2) is 0 Å². The lowest BCUT2D eigenvalue weighted by Gasteiger charge is -2.20. The number of rotatable bonds is 4. The summed E-state index contributed by atoms with van der Waals surface area (Å²) in [7, 11) is 0. The number of nitrogens with two attached hydrogens (primary N) is 1. The van der Waals surface area contributed by atoms with E-state index in [9.17, 15) is 0 Å². The molecule has 0 heterocycles. The highest BCUT2D eigenvalue weighted by molar-refractivity contribution is 6.35. The quantitative estimate of drug-likeness (QED) is 0.853. The highest BCUT2D eigenvalue weighted by Crippen LogP contribution is 2.28. The summed E-state index contributed by atoms with van der Waals surface area (Å²) < 4.78 is 0. The molecule has 3 N–H and O–H groups in total. The highest BCUT2D eigenvalue weighted by Gasteiger charge is 2.13. The molecule has 2 rings (SSSR count). The maximum absolute atomic E-state index is 6.19. The molecule has 1 atom stereocenters. The second-order valence-electron chi connectivity index (χ2n) is 4.11. The summed E-state index contributed by atoms with van der Waals surface area (Å²) in [5.74, 6) is 0. The van der Waals surface area contributed by atoms with Crippen LogP contribution in [0.3, 0.4) is 0 Å². The zero-order valence-electron chi connectivity index (χ0n) is 10.0. The zero-order valence-corrected chi connectivity index (χ0v) is 12.3. The van der Waals surface area contributed by atoms with Crippen molar-refractivity contribution in [3.63, 3.8) is 0 Å². The molecular formula is C14H13Cl3N2. The fourth-order valence-electron chi connectivity index (χ4n) is 1.83. The minimum atomic E-state index is -0.0942. The van der Waals surface area contributed by atoms with Gasteiger partial charge in [-0.2, -0.15) is 0 Å². The summed E-state index contributed by atoms with van der Waals surface area (Å²) in [6.07, 6.45) is 0. The van der Waals surface area contributed by atoms with Gasteiger partial charge in [0.25, 0.3) is 0 Å². The molecule has 0 bridgehead atoms. The van der Waals surface area contributed by atoms with E-state index in [4.69, 9.17) is 40.5 Å². The maximum atomic E-state index is 6.19. The minimum absolute atomic E-state index is 0.0942. The topological polar surface area (TPSA) is 38.0 Å². The van der Waals surface area contributed by atoms with Gasteiger partial charge >= 0.3 is 0 Å². The number of benzene rings is 2. The van der Waals surface area contributed by atoms with E-state index in [2.05, 4.69) is 5.32 Å². The van der Waals surface area contributed by atoms with E-state index in [1.54, 1.807) is 12.1 Å². The molecule has 0 saturated carbocycles. The molecule has 2 nitrogen and oxygen atoms in total. The summed E-state index contributed by atoms with van der Waals surface area (Å²) in [6, 6.07) is 12.8. The Kier molecular flexibility index (Phi) is 4.94. The van der Waals surface area contributed by atoms with Crippen LogP contribution in [0, 0.1) is 0 Å². The van der Waals surface area contributed by atoms with Crippen molar-refractivity contribution < 1.29 is 0 Å². The van der Waals surface area contributed by atoms with Crippen molar-refractivity contribution in [1.29, 1.82) is 0 Å². The summed E-state index contributed by atoms with van der Waals surface area (Å²) in [4.78, 5) is 0. The van der Waals surface area contributed by atoms with Gasteiger partial charge in [-0.3, -0.25) is 0 Å². The molecule has 0 aliphatic carbocycles. The summed E-state index contributed by atoms with van der Waals surface area (Å²) in [6.45, 7) is 0.411. The lowest BCUT2D eigenvalue weighted by Crippen LogP contribution is -2.20. The Morgan fingerprint density at radius 1 is 1.00 bits per heavy atom. The van der Waals surface area contributed by atoms with Crippen molar-refractivity contribution >= 4 is 40.5 Å². The van der Waals surface area contributed by atoms with E-state index in [0.29, 0.717) is 21.6 Å². The van der Waals surface area contributed by atoms with Crippen LogP contribution in [-0.4, -0.2) is 6.54 Å². The van der Waals surface area contributed by atoms with Crippen molar-refractivity contribution in [2.45, 2.75) is 6.04 Å². The largest absolute Gasteiger partial charge is 0.377 e. The molecule has 100 valence electrons. The molecule has 0 aliphatic heterocycles. The van der Waals surface area contributed by atoms with Gasteiger partial charge in [0.2, 0.25) is 0 Å². The lowest BCUT2D eigenvalue weighted by atomic mass is 10.1. The standard InChI is InChI=1S/C14H13Cl3N2/c15-9-2-1-3-11(6-9)19-14(8-18)12-5-4-10(16)7-13(12)17/h1-7,14,19H,8,18H2. The van der Waals surface area contributed by atoms with Gasteiger partial charge in [0.15, 0.2) is 0 Å². The molecule has 0 spiro atoms. The number of nitrogens with one attached hydrogen (secondary N) is 1. The molecule has 2 aromatic rings. The van der Waals surface area contributed by atoms with Crippen molar-refractivity contribution in [3.05, 3.63) is 63.1 Å². The van der Waals surface area contributed by atoms with Crippen molar-refractivity contribution in [3.8, 4) is 0 Å². The first kappa shape index (κ1) is 14.5. The second kappa shape index (κ2) is 6.49. The number of hydrogen-bond acceptors (Lipinski definition) is 2. The smallest absolute Gasteiger partial charge is 0.0650 e. The average molecular weight is 316 g/mol. The normalized spacial score (nSPS) is 12.2. The Labute approximate surface area is 127 Å². The highest BCUT2D eigenvalue weighted by atomic mass is 35.5. The van der Waals surface area contributed by atoms with E-state index >= 15 is 0 Å². The molecule has 0 radical (unpaired) electrons. The molecule has 2 aromatic carbocycles. The lowest BCUT2D eigenvalue weighted by molar-refractivity contribution is 0.790. The van der Waals surface area contributed by atoms with Crippen LogP contribution >= 0.6 is 34.8 Å². The van der Waals surface area contributed by atoms with Crippen LogP contribution in [0.5, 0.6) is 0 Å². The van der Waals surface area contributed by atoms with E-state index in [0.717, 1.165) is 11.3 Å². The molecule has 0 saturated heterocycles. The van der Waals surface area contributed by atoms with Crippen LogP contribution in [0.25, 0.3) is 0 Å². The molecule has 0 aromatic heterocycles. The van der Waals surface area contributed by atoms with Crippen molar-refractivity contribution in [2.75, 3.05) is 11.9 Å². The van der Waals surface area contributed by atoms with Crippen LogP contribution in [0.4, 0.5) is 5.69 Å². The molecule has 0 fully saturated rings. The molecule has 0 amide bonds. The van der Waals surface area contributed by atoms with Gasteiger partial charge in [-0.15, -0.1) is 0 Å². The van der Waals surface area contributed by atoms with Crippen LogP contribution in [0.15, 0.2) is 42.5 Å². The third kappa shape index (κ3) is 3.77. The van der Waals surface area contributed by atoms with Gasteiger partial charge in [0.05, 0.1) is 6.04 Å². The number of anilines is 1. The predicted molar refractivity (Wildman–Crippen MR) is 83.3 cm³/mol. The van der Waals surface area contributed by atoms with E-state index in [-0.39, 0.29) is 6.04 Å². The summed E-state index contributed by atoms with van der Waals surface area (Å²) >= 11 is 18.0. The molecular weight excluding hydrogens is 303 g/mol. The Balaban J connectivity index is 2.25. The van der Waals surface area contributed by atoms with Crippen LogP contribution in [0.1, 0.15) is 11.6 Å². The summed E-state index contributed by atoms with van der Waals surface area (Å²) in [5.41, 5.74) is 7.62. The number of hydrogen-bond donors (Lipinski definition) is 2. The third-order valence-corrected chi connectivity index (χ3v) is 3.54. The first-order valence-corrected chi connectivity index (χ1v) is 6.90. The second-order valence-corrected chi connectivity index (χ2v) is 5.39. The predicted octanol–water partition coefficient (Wildman–Crippen LogP) is 4.76. The zero-order chi connectivity index (χ0) is 13.8. The van der Waals surface area contributed by atoms with E-state index in [1.807, 2.05) is 30.3 Å². The molecule has 1 unspecified atom stereocenters. The van der Waals surface area contributed by atoms with Crippen molar-refractivity contribution in [1.82, 2.24) is 0 Å². The Morgan fingerprint density at radius 3 is 2.37 bits per heavy atom. The van der Waals surface area contributed by atoms with Crippen LogP contribution in [0.2, 0.25) is 15.1 Å². The molecule has 0 aliphatic rings. The van der Waals surface area contributed by atoms with E-state index < -0.39 is 0 Å². The first-order valence-electron chi connectivity index (χ1n) is 5.77. The van der Waals surface area contributed by atoms with Gasteiger partial charge in [-0.1, -0.05) is 46.9 Å². The third-order valence-electron chi connectivity index (χ3n) is 2.74. The summed E-state index contributed by atoms with van der Waals surface area (Å²) in [5, 5.41) is 5.18. The molecule has 19 heavy (non-hydrogen) atoms. The Hall–Kier alpha value is -0.930. The van der Waals surface area contributed by atoms with Gasteiger partial charge in [-0.05, 0) is 35.9 Å². The Morgan fingerprint density at radius 2 is 1.74 bits per heavy atom. The fourth-order valence-corrected chi connectivity index (χ4v) is 2.56.